The fourth-order valence-electron chi connectivity index (χ4n) is 3.88. The molecule has 0 saturated carbocycles. The van der Waals surface area contributed by atoms with E-state index >= 15 is 0 Å². The highest BCUT2D eigenvalue weighted by atomic mass is 32.2. The van der Waals surface area contributed by atoms with Gasteiger partial charge in [0.15, 0.2) is 5.84 Å². The Labute approximate surface area is 196 Å². The van der Waals surface area contributed by atoms with Crippen LogP contribution >= 0.6 is 0 Å². The molecule has 1 aliphatic rings. The normalized spacial score (nSPS) is 15.9. The van der Waals surface area contributed by atoms with Crippen LogP contribution in [0.1, 0.15) is 51.2 Å². The van der Waals surface area contributed by atoms with Gasteiger partial charge >= 0.3 is 0 Å². The first kappa shape index (κ1) is 23.5. The molecule has 0 bridgehead atoms. The number of rotatable bonds is 7. The number of aryl methyl sites for hydroxylation is 1. The van der Waals surface area contributed by atoms with Crippen LogP contribution in [0.15, 0.2) is 51.9 Å². The second-order valence-corrected chi connectivity index (χ2v) is 11.2. The van der Waals surface area contributed by atoms with Gasteiger partial charge in [0.05, 0.1) is 5.69 Å². The third-order valence-corrected chi connectivity index (χ3v) is 7.43. The van der Waals surface area contributed by atoms with Crippen molar-refractivity contribution in [1.29, 1.82) is 0 Å². The highest BCUT2D eigenvalue weighted by molar-refractivity contribution is 7.90. The van der Waals surface area contributed by atoms with Crippen LogP contribution in [-0.4, -0.2) is 27.6 Å². The van der Waals surface area contributed by atoms with Crippen LogP contribution in [0.25, 0.3) is 10.9 Å². The van der Waals surface area contributed by atoms with Crippen molar-refractivity contribution in [2.75, 3.05) is 10.0 Å². The van der Waals surface area contributed by atoms with Crippen molar-refractivity contribution in [3.63, 3.8) is 0 Å². The zero-order valence-corrected chi connectivity index (χ0v) is 20.6. The third kappa shape index (κ3) is 4.83. The first-order valence-corrected chi connectivity index (χ1v) is 13.4. The first-order chi connectivity index (χ1) is 15.5. The molecule has 1 atom stereocenters. The summed E-state index contributed by atoms with van der Waals surface area (Å²) in [5.41, 5.74) is 3.57. The molecule has 0 saturated heterocycles. The number of amidine groups is 1. The molecule has 0 amide bonds. The summed E-state index contributed by atoms with van der Waals surface area (Å²) in [4.78, 5) is -0.0488. The van der Waals surface area contributed by atoms with Gasteiger partial charge < -0.3 is 9.88 Å². The molecule has 176 valence electrons. The first-order valence-electron chi connectivity index (χ1n) is 10.8. The van der Waals surface area contributed by atoms with Gasteiger partial charge in [-0.1, -0.05) is 39.8 Å². The second-order valence-electron chi connectivity index (χ2n) is 8.95. The topological polar surface area (TPSA) is 113 Å². The molecular formula is C23H28N4O4S2. The number of nitrogens with one attached hydrogen (secondary N) is 2. The van der Waals surface area contributed by atoms with E-state index in [1.54, 1.807) is 12.1 Å². The predicted molar refractivity (Wildman–Crippen MR) is 134 cm³/mol. The van der Waals surface area contributed by atoms with Crippen LogP contribution in [0.3, 0.4) is 0 Å². The van der Waals surface area contributed by atoms with Crippen molar-refractivity contribution < 1.29 is 17.2 Å². The van der Waals surface area contributed by atoms with Crippen molar-refractivity contribution in [3.8, 4) is 0 Å². The molecule has 2 aromatic carbocycles. The molecule has 1 unspecified atom stereocenters. The maximum atomic E-state index is 13.0. The Morgan fingerprint density at radius 3 is 2.58 bits per heavy atom. The number of sulfonamides is 1. The highest BCUT2D eigenvalue weighted by Gasteiger charge is 2.28. The molecule has 0 aliphatic carbocycles. The van der Waals surface area contributed by atoms with Gasteiger partial charge in [0.1, 0.15) is 4.90 Å². The van der Waals surface area contributed by atoms with E-state index in [-0.39, 0.29) is 16.4 Å². The lowest BCUT2D eigenvalue weighted by Gasteiger charge is -2.19. The number of anilines is 2. The summed E-state index contributed by atoms with van der Waals surface area (Å²) >= 11 is -2.31. The van der Waals surface area contributed by atoms with Crippen molar-refractivity contribution in [2.45, 2.75) is 51.5 Å². The molecule has 0 fully saturated rings. The Morgan fingerprint density at radius 2 is 1.91 bits per heavy atom. The number of hydrogen-bond acceptors (Lipinski definition) is 4. The summed E-state index contributed by atoms with van der Waals surface area (Å²) in [6, 6.07) is 10.7. The van der Waals surface area contributed by atoms with Crippen LogP contribution in [0.5, 0.6) is 0 Å². The second kappa shape index (κ2) is 8.92. The Bertz CT molecular complexity index is 1370. The molecule has 1 aromatic heterocycles. The van der Waals surface area contributed by atoms with E-state index in [1.807, 2.05) is 12.3 Å². The van der Waals surface area contributed by atoms with Gasteiger partial charge in [0.25, 0.3) is 21.3 Å². The Hall–Kier alpha value is -2.69. The smallest absolute Gasteiger partial charge is 0.286 e. The third-order valence-electron chi connectivity index (χ3n) is 5.70. The minimum absolute atomic E-state index is 0.0488. The Morgan fingerprint density at radius 1 is 1.15 bits per heavy atom. The van der Waals surface area contributed by atoms with Gasteiger partial charge in [-0.15, -0.1) is 4.40 Å². The quantitative estimate of drug-likeness (QED) is 0.409. The maximum absolute atomic E-state index is 13.0. The summed E-state index contributed by atoms with van der Waals surface area (Å²) in [7, 11) is -4.01. The average Bonchev–Trinajstić information content (AvgIpc) is 3.09. The molecule has 3 aromatic rings. The Kier molecular flexibility index (Phi) is 6.35. The molecule has 2 heterocycles. The SMILES string of the molecule is CC(C)CCn1cc(C2=NS(=O)(=O)c3cc(NS(=O)O)ccc3N2)c2ccc(C(C)C)cc21. The molecule has 10 heteroatoms. The lowest BCUT2D eigenvalue weighted by molar-refractivity contribution is 0.524. The predicted octanol–water partition coefficient (Wildman–Crippen LogP) is 4.92. The zero-order chi connectivity index (χ0) is 23.9. The minimum Gasteiger partial charge on any atom is -0.347 e. The van der Waals surface area contributed by atoms with Gasteiger partial charge in [-0.25, -0.2) is 4.21 Å². The van der Waals surface area contributed by atoms with E-state index < -0.39 is 21.3 Å². The molecule has 8 nitrogen and oxygen atoms in total. The summed E-state index contributed by atoms with van der Waals surface area (Å²) in [6.07, 6.45) is 2.96. The van der Waals surface area contributed by atoms with Gasteiger partial charge in [0.2, 0.25) is 0 Å². The van der Waals surface area contributed by atoms with Crippen LogP contribution in [0.2, 0.25) is 0 Å². The van der Waals surface area contributed by atoms with Crippen LogP contribution in [0, 0.1) is 5.92 Å². The summed E-state index contributed by atoms with van der Waals surface area (Å²) < 4.78 is 54.6. The molecule has 33 heavy (non-hydrogen) atoms. The van der Waals surface area contributed by atoms with Crippen molar-refractivity contribution in [3.05, 3.63) is 53.7 Å². The van der Waals surface area contributed by atoms with Crippen molar-refractivity contribution >= 4 is 49.4 Å². The monoisotopic (exact) mass is 488 g/mol. The van der Waals surface area contributed by atoms with Gasteiger partial charge in [-0.05, 0) is 48.1 Å². The van der Waals surface area contributed by atoms with Gasteiger partial charge in [0, 0.05) is 34.9 Å². The van der Waals surface area contributed by atoms with Gasteiger partial charge in [-0.3, -0.25) is 9.27 Å². The van der Waals surface area contributed by atoms with E-state index in [0.717, 1.165) is 29.4 Å². The fraction of sp³-hybridized carbons (Fsp3) is 0.348. The molecule has 4 rings (SSSR count). The lowest BCUT2D eigenvalue weighted by atomic mass is 10.0. The minimum atomic E-state index is -4.01. The number of benzene rings is 2. The van der Waals surface area contributed by atoms with Crippen LogP contribution in [-0.2, 0) is 27.8 Å². The van der Waals surface area contributed by atoms with Crippen LogP contribution < -0.4 is 10.0 Å². The average molecular weight is 489 g/mol. The number of aromatic nitrogens is 1. The van der Waals surface area contributed by atoms with E-state index in [4.69, 9.17) is 4.55 Å². The van der Waals surface area contributed by atoms with E-state index in [9.17, 15) is 12.6 Å². The van der Waals surface area contributed by atoms with E-state index in [1.165, 1.54) is 11.6 Å². The molecule has 0 radical (unpaired) electrons. The molecule has 0 spiro atoms. The van der Waals surface area contributed by atoms with E-state index in [0.29, 0.717) is 17.5 Å². The summed E-state index contributed by atoms with van der Waals surface area (Å²) in [6.45, 7) is 9.47. The van der Waals surface area contributed by atoms with Crippen LogP contribution in [0.4, 0.5) is 11.4 Å². The number of fused-ring (bicyclic) bond motifs is 2. The zero-order valence-electron chi connectivity index (χ0n) is 19.0. The van der Waals surface area contributed by atoms with E-state index in [2.05, 4.69) is 58.8 Å². The summed E-state index contributed by atoms with van der Waals surface area (Å²) in [5.74, 6) is 1.17. The molecular weight excluding hydrogens is 460 g/mol. The fourth-order valence-corrected chi connectivity index (χ4v) is 5.36. The standard InChI is InChI=1S/C23H28N4O4S2/c1-14(2)9-10-27-13-19(18-7-5-16(15(3)4)11-21(18)27)23-24-20-8-6-17(25-32(28)29)12-22(20)33(30,31)26-23/h5-8,11-15,25H,9-10H2,1-4H3,(H,24,26)(H,28,29). The van der Waals surface area contributed by atoms with Gasteiger partial charge in [-0.2, -0.15) is 8.42 Å². The lowest BCUT2D eigenvalue weighted by Crippen LogP contribution is -2.22. The highest BCUT2D eigenvalue weighted by Crippen LogP contribution is 2.34. The largest absolute Gasteiger partial charge is 0.347 e. The molecule has 1 aliphatic heterocycles. The van der Waals surface area contributed by atoms with Crippen molar-refractivity contribution in [1.82, 2.24) is 4.57 Å². The Balaban J connectivity index is 1.81. The number of nitrogens with zero attached hydrogens (tertiary/aromatic N) is 2. The maximum Gasteiger partial charge on any atom is 0.286 e. The molecule has 3 N–H and O–H groups in total. The number of hydrogen-bond donors (Lipinski definition) is 3. The summed E-state index contributed by atoms with van der Waals surface area (Å²) in [5, 5.41) is 4.08. The van der Waals surface area contributed by atoms with Crippen molar-refractivity contribution in [2.24, 2.45) is 10.3 Å².